The first-order chi connectivity index (χ1) is 10.2. The summed E-state index contributed by atoms with van der Waals surface area (Å²) in [6.07, 6.45) is 2.11. The minimum absolute atomic E-state index is 0.0253. The van der Waals surface area contributed by atoms with Gasteiger partial charge in [-0.1, -0.05) is 37.3 Å². The van der Waals surface area contributed by atoms with Gasteiger partial charge in [0.1, 0.15) is 0 Å². The summed E-state index contributed by atoms with van der Waals surface area (Å²) in [4.78, 5) is 14.8. The predicted molar refractivity (Wildman–Crippen MR) is 90.5 cm³/mol. The van der Waals surface area contributed by atoms with Crippen LogP contribution in [-0.2, 0) is 10.5 Å². The SMILES string of the molecule is CCCN(C(=O)C(C)SCc1ccccc1)C1CCNC1. The Morgan fingerprint density at radius 1 is 1.43 bits per heavy atom. The lowest BCUT2D eigenvalue weighted by Crippen LogP contribution is -2.45. The normalized spacial score (nSPS) is 19.4. The van der Waals surface area contributed by atoms with Crippen LogP contribution in [0.25, 0.3) is 0 Å². The topological polar surface area (TPSA) is 32.3 Å². The molecule has 1 aliphatic rings. The highest BCUT2D eigenvalue weighted by Crippen LogP contribution is 2.21. The third-order valence-electron chi connectivity index (χ3n) is 3.91. The minimum atomic E-state index is 0.0253. The van der Waals surface area contributed by atoms with Crippen LogP contribution in [0.15, 0.2) is 30.3 Å². The molecule has 1 N–H and O–H groups in total. The van der Waals surface area contributed by atoms with Crippen molar-refractivity contribution >= 4 is 17.7 Å². The van der Waals surface area contributed by atoms with Crippen LogP contribution in [0.1, 0.15) is 32.3 Å². The van der Waals surface area contributed by atoms with E-state index in [0.29, 0.717) is 11.9 Å². The number of benzene rings is 1. The third kappa shape index (κ3) is 4.75. The van der Waals surface area contributed by atoms with Crippen molar-refractivity contribution in [1.82, 2.24) is 10.2 Å². The van der Waals surface area contributed by atoms with Crippen molar-refractivity contribution < 1.29 is 4.79 Å². The molecule has 2 atom stereocenters. The summed E-state index contributed by atoms with van der Waals surface area (Å²) in [6.45, 7) is 7.04. The van der Waals surface area contributed by atoms with E-state index in [1.54, 1.807) is 11.8 Å². The summed E-state index contributed by atoms with van der Waals surface area (Å²) in [7, 11) is 0. The molecule has 4 heteroatoms. The molecule has 1 aliphatic heterocycles. The molecule has 1 aromatic rings. The molecule has 0 aliphatic carbocycles. The lowest BCUT2D eigenvalue weighted by atomic mass is 10.2. The van der Waals surface area contributed by atoms with Gasteiger partial charge in [-0.3, -0.25) is 4.79 Å². The summed E-state index contributed by atoms with van der Waals surface area (Å²) in [5.41, 5.74) is 1.28. The number of thioether (sulfide) groups is 1. The van der Waals surface area contributed by atoms with E-state index in [1.165, 1.54) is 5.56 Å². The maximum absolute atomic E-state index is 12.7. The lowest BCUT2D eigenvalue weighted by Gasteiger charge is -2.30. The molecule has 3 nitrogen and oxygen atoms in total. The zero-order chi connectivity index (χ0) is 15.1. The van der Waals surface area contributed by atoms with Crippen LogP contribution in [0, 0.1) is 0 Å². The first kappa shape index (κ1) is 16.4. The van der Waals surface area contributed by atoms with E-state index < -0.39 is 0 Å². The van der Waals surface area contributed by atoms with Gasteiger partial charge < -0.3 is 10.2 Å². The Bertz CT molecular complexity index is 432. The molecule has 0 bridgehead atoms. The minimum Gasteiger partial charge on any atom is -0.337 e. The van der Waals surface area contributed by atoms with E-state index in [-0.39, 0.29) is 5.25 Å². The van der Waals surface area contributed by atoms with Crippen LogP contribution >= 0.6 is 11.8 Å². The van der Waals surface area contributed by atoms with Crippen LogP contribution in [0.3, 0.4) is 0 Å². The number of nitrogens with zero attached hydrogens (tertiary/aromatic N) is 1. The monoisotopic (exact) mass is 306 g/mol. The van der Waals surface area contributed by atoms with Crippen molar-refractivity contribution in [3.8, 4) is 0 Å². The molecule has 1 amide bonds. The fourth-order valence-electron chi connectivity index (χ4n) is 2.72. The van der Waals surface area contributed by atoms with E-state index in [1.807, 2.05) is 13.0 Å². The molecular formula is C17H26N2OS. The fraction of sp³-hybridized carbons (Fsp3) is 0.588. The Morgan fingerprint density at radius 2 is 2.19 bits per heavy atom. The van der Waals surface area contributed by atoms with Crippen LogP contribution in [0.5, 0.6) is 0 Å². The van der Waals surface area contributed by atoms with Gasteiger partial charge in [-0.2, -0.15) is 0 Å². The summed E-state index contributed by atoms with van der Waals surface area (Å²) in [6, 6.07) is 10.8. The van der Waals surface area contributed by atoms with E-state index in [2.05, 4.69) is 41.4 Å². The van der Waals surface area contributed by atoms with Crippen molar-refractivity contribution in [2.24, 2.45) is 0 Å². The first-order valence-corrected chi connectivity index (χ1v) is 8.94. The molecule has 1 heterocycles. The summed E-state index contributed by atoms with van der Waals surface area (Å²) in [5.74, 6) is 1.20. The molecule has 0 radical (unpaired) electrons. The second-order valence-electron chi connectivity index (χ2n) is 5.62. The fourth-order valence-corrected chi connectivity index (χ4v) is 3.63. The Labute approximate surface area is 132 Å². The van der Waals surface area contributed by atoms with Crippen LogP contribution < -0.4 is 5.32 Å². The number of amides is 1. The van der Waals surface area contributed by atoms with Gasteiger partial charge in [-0.15, -0.1) is 11.8 Å². The third-order valence-corrected chi connectivity index (χ3v) is 5.11. The smallest absolute Gasteiger partial charge is 0.235 e. The standard InChI is InChI=1S/C17H26N2OS/c1-3-11-19(16-9-10-18-12-16)17(20)14(2)21-13-15-7-5-4-6-8-15/h4-8,14,16,18H,3,9-13H2,1-2H3. The molecular weight excluding hydrogens is 280 g/mol. The van der Waals surface area contributed by atoms with Gasteiger partial charge in [0.05, 0.1) is 5.25 Å². The quantitative estimate of drug-likeness (QED) is 0.840. The van der Waals surface area contributed by atoms with Gasteiger partial charge in [0.15, 0.2) is 0 Å². The largest absolute Gasteiger partial charge is 0.337 e. The average Bonchev–Trinajstić information content (AvgIpc) is 3.04. The first-order valence-electron chi connectivity index (χ1n) is 7.89. The number of hydrogen-bond donors (Lipinski definition) is 1. The molecule has 2 rings (SSSR count). The second kappa shape index (κ2) is 8.44. The van der Waals surface area contributed by atoms with Crippen molar-refractivity contribution in [2.45, 2.75) is 43.7 Å². The number of carbonyl (C=O) groups is 1. The van der Waals surface area contributed by atoms with Crippen LogP contribution in [-0.4, -0.2) is 41.7 Å². The van der Waals surface area contributed by atoms with Gasteiger partial charge >= 0.3 is 0 Å². The molecule has 1 fully saturated rings. The Morgan fingerprint density at radius 3 is 2.81 bits per heavy atom. The second-order valence-corrected chi connectivity index (χ2v) is 6.95. The molecule has 0 spiro atoms. The Balaban J connectivity index is 1.89. The number of nitrogens with one attached hydrogen (secondary N) is 1. The number of hydrogen-bond acceptors (Lipinski definition) is 3. The highest BCUT2D eigenvalue weighted by molar-refractivity contribution is 7.99. The zero-order valence-corrected chi connectivity index (χ0v) is 13.9. The molecule has 2 unspecified atom stereocenters. The summed E-state index contributed by atoms with van der Waals surface area (Å²) in [5, 5.41) is 3.39. The van der Waals surface area contributed by atoms with E-state index in [4.69, 9.17) is 0 Å². The van der Waals surface area contributed by atoms with Crippen molar-refractivity contribution in [3.05, 3.63) is 35.9 Å². The van der Waals surface area contributed by atoms with Crippen LogP contribution in [0.2, 0.25) is 0 Å². The van der Waals surface area contributed by atoms with Crippen molar-refractivity contribution in [2.75, 3.05) is 19.6 Å². The number of rotatable bonds is 7. The van der Waals surface area contributed by atoms with Gasteiger partial charge in [0.25, 0.3) is 0 Å². The van der Waals surface area contributed by atoms with Gasteiger partial charge in [-0.05, 0) is 31.9 Å². The van der Waals surface area contributed by atoms with E-state index >= 15 is 0 Å². The Hall–Kier alpha value is -1.00. The van der Waals surface area contributed by atoms with Gasteiger partial charge in [0.2, 0.25) is 5.91 Å². The molecule has 1 aromatic carbocycles. The summed E-state index contributed by atoms with van der Waals surface area (Å²) < 4.78 is 0. The highest BCUT2D eigenvalue weighted by atomic mass is 32.2. The lowest BCUT2D eigenvalue weighted by molar-refractivity contribution is -0.132. The summed E-state index contributed by atoms with van der Waals surface area (Å²) >= 11 is 1.74. The average molecular weight is 306 g/mol. The number of carbonyl (C=O) groups excluding carboxylic acids is 1. The maximum Gasteiger partial charge on any atom is 0.235 e. The predicted octanol–water partition coefficient (Wildman–Crippen LogP) is 2.91. The Kier molecular flexibility index (Phi) is 6.58. The maximum atomic E-state index is 12.7. The zero-order valence-electron chi connectivity index (χ0n) is 13.0. The van der Waals surface area contributed by atoms with Crippen molar-refractivity contribution in [3.63, 3.8) is 0 Å². The molecule has 116 valence electrons. The molecule has 0 saturated carbocycles. The van der Waals surface area contributed by atoms with Gasteiger partial charge in [-0.25, -0.2) is 0 Å². The molecule has 21 heavy (non-hydrogen) atoms. The van der Waals surface area contributed by atoms with Crippen LogP contribution in [0.4, 0.5) is 0 Å². The molecule has 1 saturated heterocycles. The van der Waals surface area contributed by atoms with E-state index in [0.717, 1.165) is 38.2 Å². The van der Waals surface area contributed by atoms with Gasteiger partial charge in [0, 0.05) is 24.9 Å². The van der Waals surface area contributed by atoms with E-state index in [9.17, 15) is 4.79 Å². The van der Waals surface area contributed by atoms with Crippen molar-refractivity contribution in [1.29, 1.82) is 0 Å². The highest BCUT2D eigenvalue weighted by Gasteiger charge is 2.28. The molecule has 0 aromatic heterocycles.